The summed E-state index contributed by atoms with van der Waals surface area (Å²) < 4.78 is 10.6. The maximum absolute atomic E-state index is 12.3. The Bertz CT molecular complexity index is 1060. The van der Waals surface area contributed by atoms with Crippen LogP contribution in [-0.4, -0.2) is 29.9 Å². The Morgan fingerprint density at radius 3 is 2.17 bits per heavy atom. The highest BCUT2D eigenvalue weighted by molar-refractivity contribution is 6.42. The molecule has 0 spiro atoms. The van der Waals surface area contributed by atoms with Crippen molar-refractivity contribution in [2.75, 3.05) is 12.4 Å². The number of Topliss-reactive ketones (excluding diaryl/α,β-unsaturated/α-hetero) is 1. The first-order valence-electron chi connectivity index (χ1n) is 8.59. The number of rotatable bonds is 7. The second kappa shape index (κ2) is 8.71. The van der Waals surface area contributed by atoms with Crippen molar-refractivity contribution in [3.8, 4) is 11.5 Å². The van der Waals surface area contributed by atoms with Gasteiger partial charge < -0.3 is 19.9 Å². The standard InChI is InChI=1S/C22H17NO6/c1-28-22(27)15-10-7-12-17(19(15)20(24)21(25)26)23-16-11-5-6-13-18(16)29-14-8-3-2-4-9-14/h2-13,23H,1H3,(H,25,26). The van der Waals surface area contributed by atoms with Crippen LogP contribution in [0.25, 0.3) is 0 Å². The van der Waals surface area contributed by atoms with Crippen LogP contribution in [0.2, 0.25) is 0 Å². The van der Waals surface area contributed by atoms with Crippen LogP contribution in [0.5, 0.6) is 11.5 Å². The number of carbonyl (C=O) groups excluding carboxylic acids is 2. The number of carbonyl (C=O) groups is 3. The lowest BCUT2D eigenvalue weighted by Crippen LogP contribution is -2.19. The van der Waals surface area contributed by atoms with E-state index in [-0.39, 0.29) is 16.8 Å². The van der Waals surface area contributed by atoms with Gasteiger partial charge in [-0.3, -0.25) is 4.79 Å². The number of methoxy groups -OCH3 is 1. The van der Waals surface area contributed by atoms with Crippen molar-refractivity contribution < 1.29 is 29.0 Å². The van der Waals surface area contributed by atoms with Crippen molar-refractivity contribution in [1.29, 1.82) is 0 Å². The van der Waals surface area contributed by atoms with Crippen LogP contribution in [0.4, 0.5) is 11.4 Å². The van der Waals surface area contributed by atoms with E-state index in [1.165, 1.54) is 18.2 Å². The average molecular weight is 391 g/mol. The summed E-state index contributed by atoms with van der Waals surface area (Å²) in [6, 6.07) is 20.4. The van der Waals surface area contributed by atoms with Gasteiger partial charge in [-0.05, 0) is 36.4 Å². The highest BCUT2D eigenvalue weighted by Gasteiger charge is 2.26. The first kappa shape index (κ1) is 19.6. The van der Waals surface area contributed by atoms with E-state index in [1.54, 1.807) is 36.4 Å². The third-order valence-corrected chi connectivity index (χ3v) is 4.02. The van der Waals surface area contributed by atoms with Gasteiger partial charge in [0.2, 0.25) is 0 Å². The molecule has 0 aliphatic rings. The summed E-state index contributed by atoms with van der Waals surface area (Å²) in [6.07, 6.45) is 0. The zero-order valence-electron chi connectivity index (χ0n) is 15.4. The van der Waals surface area contributed by atoms with Crippen LogP contribution in [0, 0.1) is 0 Å². The molecule has 0 unspecified atom stereocenters. The second-order valence-electron chi connectivity index (χ2n) is 5.89. The Kier molecular flexibility index (Phi) is 5.89. The number of hydrogen-bond acceptors (Lipinski definition) is 6. The lowest BCUT2D eigenvalue weighted by atomic mass is 10.0. The van der Waals surface area contributed by atoms with E-state index in [9.17, 15) is 19.5 Å². The zero-order chi connectivity index (χ0) is 20.8. The van der Waals surface area contributed by atoms with E-state index in [2.05, 4.69) is 10.1 Å². The van der Waals surface area contributed by atoms with E-state index < -0.39 is 17.7 Å². The number of anilines is 2. The van der Waals surface area contributed by atoms with Gasteiger partial charge in [0, 0.05) is 0 Å². The Labute approximate surface area is 166 Å². The normalized spacial score (nSPS) is 10.1. The van der Waals surface area contributed by atoms with E-state index in [0.29, 0.717) is 17.2 Å². The van der Waals surface area contributed by atoms with Crippen LogP contribution in [0.15, 0.2) is 72.8 Å². The first-order chi connectivity index (χ1) is 14.0. The number of benzene rings is 3. The van der Waals surface area contributed by atoms with Crippen LogP contribution in [-0.2, 0) is 9.53 Å². The first-order valence-corrected chi connectivity index (χ1v) is 8.59. The van der Waals surface area contributed by atoms with Gasteiger partial charge in [0.15, 0.2) is 5.75 Å². The van der Waals surface area contributed by atoms with Gasteiger partial charge in [-0.15, -0.1) is 0 Å². The van der Waals surface area contributed by atoms with Gasteiger partial charge in [0.1, 0.15) is 5.75 Å². The smallest absolute Gasteiger partial charge is 0.377 e. The molecule has 0 heterocycles. The maximum atomic E-state index is 12.3. The number of aliphatic carboxylic acids is 1. The Morgan fingerprint density at radius 1 is 0.828 bits per heavy atom. The summed E-state index contributed by atoms with van der Waals surface area (Å²) in [5.74, 6) is -2.66. The summed E-state index contributed by atoms with van der Waals surface area (Å²) in [6.45, 7) is 0. The van der Waals surface area contributed by atoms with E-state index in [1.807, 2.05) is 18.2 Å². The molecule has 29 heavy (non-hydrogen) atoms. The van der Waals surface area contributed by atoms with Gasteiger partial charge in [-0.1, -0.05) is 36.4 Å². The van der Waals surface area contributed by atoms with Crippen molar-refractivity contribution in [3.63, 3.8) is 0 Å². The zero-order valence-corrected chi connectivity index (χ0v) is 15.4. The fourth-order valence-electron chi connectivity index (χ4n) is 2.71. The minimum atomic E-state index is -1.68. The van der Waals surface area contributed by atoms with Crippen LogP contribution in [0.1, 0.15) is 20.7 Å². The number of carboxylic acid groups (broad SMARTS) is 1. The minimum absolute atomic E-state index is 0.143. The predicted molar refractivity (Wildman–Crippen MR) is 106 cm³/mol. The van der Waals surface area contributed by atoms with Crippen molar-refractivity contribution in [1.82, 2.24) is 0 Å². The molecule has 3 aromatic carbocycles. The largest absolute Gasteiger partial charge is 0.475 e. The Balaban J connectivity index is 2.04. The Hall–Kier alpha value is -4.13. The summed E-state index contributed by atoms with van der Waals surface area (Å²) in [5.41, 5.74) is 0.190. The van der Waals surface area contributed by atoms with Crippen LogP contribution >= 0.6 is 0 Å². The van der Waals surface area contributed by atoms with E-state index in [4.69, 9.17) is 4.74 Å². The van der Waals surface area contributed by atoms with Crippen molar-refractivity contribution in [2.45, 2.75) is 0 Å². The Morgan fingerprint density at radius 2 is 1.48 bits per heavy atom. The second-order valence-corrected chi connectivity index (χ2v) is 5.89. The molecule has 0 aliphatic carbocycles. The van der Waals surface area contributed by atoms with Crippen molar-refractivity contribution in [2.24, 2.45) is 0 Å². The van der Waals surface area contributed by atoms with Gasteiger partial charge in [0.05, 0.1) is 29.6 Å². The highest BCUT2D eigenvalue weighted by atomic mass is 16.5. The number of esters is 1. The number of ether oxygens (including phenoxy) is 2. The van der Waals surface area contributed by atoms with Gasteiger partial charge in [0.25, 0.3) is 5.78 Å². The molecule has 146 valence electrons. The monoisotopic (exact) mass is 391 g/mol. The molecule has 0 saturated heterocycles. The molecule has 0 amide bonds. The molecule has 0 radical (unpaired) electrons. The summed E-state index contributed by atoms with van der Waals surface area (Å²) >= 11 is 0. The SMILES string of the molecule is COC(=O)c1cccc(Nc2ccccc2Oc2ccccc2)c1C(=O)C(=O)O. The van der Waals surface area contributed by atoms with Crippen molar-refractivity contribution >= 4 is 29.1 Å². The van der Waals surface area contributed by atoms with Crippen molar-refractivity contribution in [3.05, 3.63) is 83.9 Å². The van der Waals surface area contributed by atoms with Crippen LogP contribution in [0.3, 0.4) is 0 Å². The molecule has 3 rings (SSSR count). The quantitative estimate of drug-likeness (QED) is 0.352. The van der Waals surface area contributed by atoms with E-state index >= 15 is 0 Å². The minimum Gasteiger partial charge on any atom is -0.475 e. The molecule has 3 aromatic rings. The van der Waals surface area contributed by atoms with Gasteiger partial charge in [-0.2, -0.15) is 0 Å². The molecule has 7 nitrogen and oxygen atoms in total. The summed E-state index contributed by atoms with van der Waals surface area (Å²) in [4.78, 5) is 35.7. The summed E-state index contributed by atoms with van der Waals surface area (Å²) in [5, 5.41) is 12.2. The average Bonchev–Trinajstić information content (AvgIpc) is 2.74. The van der Waals surface area contributed by atoms with E-state index in [0.717, 1.165) is 7.11 Å². The lowest BCUT2D eigenvalue weighted by molar-refractivity contribution is -0.131. The fourth-order valence-corrected chi connectivity index (χ4v) is 2.71. The number of para-hydroxylation sites is 3. The molecule has 7 heteroatoms. The molecular weight excluding hydrogens is 374 g/mol. The number of nitrogens with one attached hydrogen (secondary N) is 1. The highest BCUT2D eigenvalue weighted by Crippen LogP contribution is 2.33. The summed E-state index contributed by atoms with van der Waals surface area (Å²) in [7, 11) is 1.15. The lowest BCUT2D eigenvalue weighted by Gasteiger charge is -2.16. The molecule has 0 aliphatic heterocycles. The number of carboxylic acids is 1. The van der Waals surface area contributed by atoms with Gasteiger partial charge >= 0.3 is 11.9 Å². The third-order valence-electron chi connectivity index (χ3n) is 4.02. The van der Waals surface area contributed by atoms with Gasteiger partial charge in [-0.25, -0.2) is 9.59 Å². The molecule has 0 atom stereocenters. The third kappa shape index (κ3) is 4.41. The predicted octanol–water partition coefficient (Wildman–Crippen LogP) is 4.28. The molecule has 0 fully saturated rings. The van der Waals surface area contributed by atoms with Crippen LogP contribution < -0.4 is 10.1 Å². The molecule has 0 bridgehead atoms. The number of hydrogen-bond donors (Lipinski definition) is 2. The molecule has 0 saturated carbocycles. The maximum Gasteiger partial charge on any atom is 0.377 e. The topological polar surface area (TPSA) is 102 Å². The molecule has 0 aromatic heterocycles. The number of ketones is 1. The fraction of sp³-hybridized carbons (Fsp3) is 0.0455. The molecule has 2 N–H and O–H groups in total. The molecular formula is C22H17NO6.